The van der Waals surface area contributed by atoms with Crippen molar-refractivity contribution in [2.75, 3.05) is 7.11 Å². The minimum atomic E-state index is -4.59. The van der Waals surface area contributed by atoms with Crippen molar-refractivity contribution in [1.82, 2.24) is 0 Å². The summed E-state index contributed by atoms with van der Waals surface area (Å²) in [6.07, 6.45) is -3.44. The van der Waals surface area contributed by atoms with Crippen molar-refractivity contribution in [2.45, 2.75) is 6.18 Å². The number of rotatable bonds is 2. The molecule has 0 N–H and O–H groups in total. The molecule has 0 aliphatic carbocycles. The number of alkyl halides is 3. The molecule has 0 spiro atoms. The Bertz CT molecular complexity index is 490. The first-order valence-electron chi connectivity index (χ1n) is 4.27. The average molecular weight is 245 g/mol. The number of nitrogens with zero attached hydrogens (tertiary/aromatic N) is 1. The highest BCUT2D eigenvalue weighted by atomic mass is 19.4. The van der Waals surface area contributed by atoms with Gasteiger partial charge in [0, 0.05) is 0 Å². The van der Waals surface area contributed by atoms with Crippen LogP contribution in [0.3, 0.4) is 0 Å². The molecule has 0 aliphatic heterocycles. The van der Waals surface area contributed by atoms with Gasteiger partial charge in [-0.05, 0) is 18.2 Å². The highest BCUT2D eigenvalue weighted by Crippen LogP contribution is 2.32. The standard InChI is InChI=1S/C10H6F3NO3/c1-17-9(16)7-4-6(10(11,12)13)2-3-8(7)14-5-15/h2-4H,1H3. The van der Waals surface area contributed by atoms with Crippen molar-refractivity contribution < 1.29 is 27.5 Å². The summed E-state index contributed by atoms with van der Waals surface area (Å²) >= 11 is 0. The zero-order chi connectivity index (χ0) is 13.1. The van der Waals surface area contributed by atoms with Crippen molar-refractivity contribution in [1.29, 1.82) is 0 Å². The van der Waals surface area contributed by atoms with E-state index < -0.39 is 23.3 Å². The molecule has 0 bridgehead atoms. The summed E-state index contributed by atoms with van der Waals surface area (Å²) in [5, 5.41) is 0. The van der Waals surface area contributed by atoms with Gasteiger partial charge in [-0.15, -0.1) is 0 Å². The lowest BCUT2D eigenvalue weighted by molar-refractivity contribution is -0.137. The van der Waals surface area contributed by atoms with Crippen LogP contribution in [0.1, 0.15) is 15.9 Å². The molecule has 0 radical (unpaired) electrons. The molecule has 1 rings (SSSR count). The lowest BCUT2D eigenvalue weighted by Crippen LogP contribution is -2.08. The summed E-state index contributed by atoms with van der Waals surface area (Å²) in [6.45, 7) is 0. The summed E-state index contributed by atoms with van der Waals surface area (Å²) in [4.78, 5) is 24.4. The van der Waals surface area contributed by atoms with E-state index in [-0.39, 0.29) is 5.69 Å². The van der Waals surface area contributed by atoms with Crippen molar-refractivity contribution in [2.24, 2.45) is 4.99 Å². The van der Waals surface area contributed by atoms with Gasteiger partial charge in [-0.2, -0.15) is 18.2 Å². The Hall–Kier alpha value is -2.14. The Balaban J connectivity index is 3.39. The highest BCUT2D eigenvalue weighted by molar-refractivity contribution is 5.95. The normalized spacial score (nSPS) is 10.6. The molecule has 90 valence electrons. The second-order valence-electron chi connectivity index (χ2n) is 2.92. The van der Waals surface area contributed by atoms with E-state index in [1.165, 1.54) is 0 Å². The number of hydrogen-bond acceptors (Lipinski definition) is 4. The fourth-order valence-corrected chi connectivity index (χ4v) is 1.13. The third kappa shape index (κ3) is 2.92. The maximum absolute atomic E-state index is 12.4. The second kappa shape index (κ2) is 4.80. The van der Waals surface area contributed by atoms with Gasteiger partial charge in [0.05, 0.1) is 23.9 Å². The number of halogens is 3. The largest absolute Gasteiger partial charge is 0.465 e. The molecule has 0 fully saturated rings. The SMILES string of the molecule is COC(=O)c1cc(C(F)(F)F)ccc1N=C=O. The first-order valence-corrected chi connectivity index (χ1v) is 4.27. The van der Waals surface area contributed by atoms with Crippen LogP contribution >= 0.6 is 0 Å². The molecule has 4 nitrogen and oxygen atoms in total. The molecule has 7 heteroatoms. The smallest absolute Gasteiger partial charge is 0.416 e. The van der Waals surface area contributed by atoms with E-state index in [9.17, 15) is 22.8 Å². The molecule has 0 atom stereocenters. The predicted octanol–water partition coefficient (Wildman–Crippen LogP) is 2.46. The van der Waals surface area contributed by atoms with Crippen LogP contribution in [0.25, 0.3) is 0 Å². The van der Waals surface area contributed by atoms with Crippen LogP contribution in [0.15, 0.2) is 23.2 Å². The van der Waals surface area contributed by atoms with Crippen molar-refractivity contribution >= 4 is 17.7 Å². The Morgan fingerprint density at radius 2 is 2.06 bits per heavy atom. The highest BCUT2D eigenvalue weighted by Gasteiger charge is 2.32. The Kier molecular flexibility index (Phi) is 3.65. The van der Waals surface area contributed by atoms with Gasteiger partial charge < -0.3 is 4.74 Å². The molecular formula is C10H6F3NO3. The lowest BCUT2D eigenvalue weighted by Gasteiger charge is -2.09. The van der Waals surface area contributed by atoms with Gasteiger partial charge in [0.2, 0.25) is 6.08 Å². The van der Waals surface area contributed by atoms with Gasteiger partial charge in [-0.3, -0.25) is 0 Å². The molecule has 0 heterocycles. The second-order valence-corrected chi connectivity index (χ2v) is 2.92. The fraction of sp³-hybridized carbons (Fsp3) is 0.200. The number of carbonyl (C=O) groups is 1. The number of benzene rings is 1. The van der Waals surface area contributed by atoms with Crippen LogP contribution in [0, 0.1) is 0 Å². The third-order valence-corrected chi connectivity index (χ3v) is 1.90. The van der Waals surface area contributed by atoms with Gasteiger partial charge in [0.15, 0.2) is 0 Å². The summed E-state index contributed by atoms with van der Waals surface area (Å²) < 4.78 is 41.5. The van der Waals surface area contributed by atoms with E-state index >= 15 is 0 Å². The number of aliphatic imine (C=N–C) groups is 1. The summed E-state index contributed by atoms with van der Waals surface area (Å²) in [5.41, 5.74) is -1.69. The van der Waals surface area contributed by atoms with Crippen LogP contribution in [0.4, 0.5) is 18.9 Å². The van der Waals surface area contributed by atoms with E-state index in [2.05, 4.69) is 9.73 Å². The van der Waals surface area contributed by atoms with E-state index in [0.717, 1.165) is 19.3 Å². The van der Waals surface area contributed by atoms with Crippen LogP contribution in [-0.2, 0) is 15.7 Å². The molecule has 0 amide bonds. The van der Waals surface area contributed by atoms with E-state index in [4.69, 9.17) is 0 Å². The summed E-state index contributed by atoms with van der Waals surface area (Å²) in [7, 11) is 1.01. The van der Waals surface area contributed by atoms with Gasteiger partial charge >= 0.3 is 12.1 Å². The molecule has 0 saturated heterocycles. The van der Waals surface area contributed by atoms with Crippen LogP contribution < -0.4 is 0 Å². The number of esters is 1. The number of ether oxygens (including phenoxy) is 1. The van der Waals surface area contributed by atoms with Crippen LogP contribution in [-0.4, -0.2) is 19.2 Å². The minimum absolute atomic E-state index is 0.222. The molecule has 1 aromatic rings. The first-order chi connectivity index (χ1) is 7.90. The van der Waals surface area contributed by atoms with Crippen LogP contribution in [0.2, 0.25) is 0 Å². The Morgan fingerprint density at radius 1 is 1.41 bits per heavy atom. The lowest BCUT2D eigenvalue weighted by atomic mass is 10.1. The van der Waals surface area contributed by atoms with E-state index in [0.29, 0.717) is 12.1 Å². The maximum Gasteiger partial charge on any atom is 0.416 e. The molecule has 1 aromatic carbocycles. The Morgan fingerprint density at radius 3 is 2.53 bits per heavy atom. The molecular weight excluding hydrogens is 239 g/mol. The Labute approximate surface area is 93.7 Å². The molecule has 17 heavy (non-hydrogen) atoms. The monoisotopic (exact) mass is 245 g/mol. The van der Waals surface area contributed by atoms with Gasteiger partial charge in [0.1, 0.15) is 0 Å². The zero-order valence-electron chi connectivity index (χ0n) is 8.54. The van der Waals surface area contributed by atoms with E-state index in [1.54, 1.807) is 0 Å². The number of isocyanates is 1. The summed E-state index contributed by atoms with van der Waals surface area (Å²) in [5.74, 6) is -1.01. The van der Waals surface area contributed by atoms with Crippen molar-refractivity contribution in [3.8, 4) is 0 Å². The van der Waals surface area contributed by atoms with Crippen molar-refractivity contribution in [3.05, 3.63) is 29.3 Å². The topological polar surface area (TPSA) is 55.7 Å². The zero-order valence-corrected chi connectivity index (χ0v) is 8.54. The summed E-state index contributed by atoms with van der Waals surface area (Å²) in [6, 6.07) is 2.19. The average Bonchev–Trinajstić information content (AvgIpc) is 2.27. The maximum atomic E-state index is 12.4. The number of hydrogen-bond donors (Lipinski definition) is 0. The van der Waals surface area contributed by atoms with Crippen LogP contribution in [0.5, 0.6) is 0 Å². The molecule has 0 saturated carbocycles. The van der Waals surface area contributed by atoms with Crippen molar-refractivity contribution in [3.63, 3.8) is 0 Å². The van der Waals surface area contributed by atoms with Gasteiger partial charge in [-0.1, -0.05) is 0 Å². The van der Waals surface area contributed by atoms with Gasteiger partial charge in [-0.25, -0.2) is 9.59 Å². The fourth-order valence-electron chi connectivity index (χ4n) is 1.13. The number of carbonyl (C=O) groups excluding carboxylic acids is 2. The first kappa shape index (κ1) is 12.9. The molecule has 0 unspecified atom stereocenters. The van der Waals surface area contributed by atoms with Gasteiger partial charge in [0.25, 0.3) is 0 Å². The quantitative estimate of drug-likeness (QED) is 0.457. The third-order valence-electron chi connectivity index (χ3n) is 1.90. The minimum Gasteiger partial charge on any atom is -0.465 e. The molecule has 0 aliphatic rings. The molecule has 0 aromatic heterocycles. The number of methoxy groups -OCH3 is 1. The van der Waals surface area contributed by atoms with E-state index in [1.807, 2.05) is 0 Å². The predicted molar refractivity (Wildman–Crippen MR) is 50.6 cm³/mol.